The first-order chi connectivity index (χ1) is 67.1. The number of ether oxygens (including phenoxy) is 9. The molecule has 22 atom stereocenters. The molecule has 22 N–H and O–H groups in total. The van der Waals surface area contributed by atoms with Crippen molar-refractivity contribution in [3.63, 3.8) is 0 Å². The molecular weight excluding hydrogens is 1870 g/mol. The molecule has 9 heterocycles. The zero-order valence-electron chi connectivity index (χ0n) is 76.3. The molecule has 3 fully saturated rings. The molecule has 40 nitrogen and oxygen atoms in total. The number of halogens is 2. The highest BCUT2D eigenvalue weighted by Gasteiger charge is 2.52. The quantitative estimate of drug-likeness (QED) is 0.0269. The minimum atomic E-state index is -2.30. The number of unbranched alkanes of at least 4 members (excludes halogenated alkanes) is 14. The number of carbonyl (C=O) groups is 8. The highest BCUT2D eigenvalue weighted by atomic mass is 35.5. The number of aliphatic hydroxyl groups is 10. The van der Waals surface area contributed by atoms with Crippen molar-refractivity contribution in [2.75, 3.05) is 19.8 Å². The number of hydrogen-bond donors (Lipinski definition) is 21. The number of aromatic hydroxyl groups is 4. The molecule has 0 spiro atoms. The first-order valence-electron chi connectivity index (χ1n) is 46.4. The van der Waals surface area contributed by atoms with Crippen LogP contribution in [0.1, 0.15) is 198 Å². The summed E-state index contributed by atoms with van der Waals surface area (Å²) in [5.41, 5.74) is 5.04. The van der Waals surface area contributed by atoms with Crippen LogP contribution in [0.5, 0.6) is 69.0 Å². The Hall–Kier alpha value is -11.7. The van der Waals surface area contributed by atoms with Crippen LogP contribution < -0.4 is 61.3 Å². The van der Waals surface area contributed by atoms with Crippen molar-refractivity contribution in [1.29, 1.82) is 0 Å². The molecule has 7 aromatic carbocycles. The summed E-state index contributed by atoms with van der Waals surface area (Å²) in [6, 6.07) is 11.3. The number of rotatable bonds is 27. The number of hydrogen-bond acceptors (Lipinski definition) is 34. The van der Waals surface area contributed by atoms with Gasteiger partial charge in [-0.15, -0.1) is 0 Å². The summed E-state index contributed by atoms with van der Waals surface area (Å²) in [6.07, 6.45) is -13.8. The Balaban J connectivity index is 0.00000543. The summed E-state index contributed by atoms with van der Waals surface area (Å²) >= 11 is 14.9. The minimum absolute atomic E-state index is 0.0748. The molecule has 0 radical (unpaired) electrons. The first-order valence-corrected chi connectivity index (χ1v) is 47.1. The number of nitrogens with one attached hydrogen (secondary N) is 6. The van der Waals surface area contributed by atoms with Gasteiger partial charge in [0.25, 0.3) is 0 Å². The second kappa shape index (κ2) is 48.2. The lowest BCUT2D eigenvalue weighted by Gasteiger charge is -2.44. The predicted octanol–water partition coefficient (Wildman–Crippen LogP) is 5.85. The van der Waals surface area contributed by atoms with Gasteiger partial charge in [0.1, 0.15) is 138 Å². The maximum Gasteiger partial charge on any atom is 0.373 e. The van der Waals surface area contributed by atoms with Gasteiger partial charge in [-0.3, -0.25) is 38.4 Å². The monoisotopic (exact) mass is 1990 g/mol. The van der Waals surface area contributed by atoms with E-state index in [1.165, 1.54) is 112 Å². The summed E-state index contributed by atoms with van der Waals surface area (Å²) in [5, 5.41) is 175. The maximum absolute atomic E-state index is 17.2. The fourth-order valence-corrected chi connectivity index (χ4v) is 18.7. The van der Waals surface area contributed by atoms with Crippen molar-refractivity contribution in [3.8, 4) is 80.1 Å². The van der Waals surface area contributed by atoms with E-state index in [-0.39, 0.29) is 79.4 Å². The fourth-order valence-electron chi connectivity index (χ4n) is 18.2. The van der Waals surface area contributed by atoms with Gasteiger partial charge in [-0.2, -0.15) is 9.59 Å². The van der Waals surface area contributed by atoms with Gasteiger partial charge in [-0.25, -0.2) is 0 Å². The normalized spacial score (nSPS) is 27.3. The molecule has 754 valence electrons. The highest BCUT2D eigenvalue weighted by molar-refractivity contribution is 6.32. The van der Waals surface area contributed by atoms with E-state index in [1.54, 1.807) is 0 Å². The summed E-state index contributed by atoms with van der Waals surface area (Å²) in [4.78, 5) is 141. The summed E-state index contributed by atoms with van der Waals surface area (Å²) in [6.45, 7) is -0.450. The average Bonchev–Trinajstić information content (AvgIpc) is 0.768. The third kappa shape index (κ3) is 25.2. The SMILES string of the molecule is CCCCCCCCCCCCCCCCCC(=O)NC1[C@H](Oc2c3cc4cc2Oc2ccc(cc2Cl)[C@@H](O[C@@H]2OC(CO)[C@@H](O)[C@H](O)C2NC(C)=O)[C@@H]2NC(=O)[C@H](CC(=O)[C@@H]4NC(=O)[C@H]4CC(=O)[C@@H](Cc5ccc(c(Cl)c5)O3)NC(=O)[C@H](N)c3ccc(O)c(c3)Oc3cc(O)cc4c3)c3ccc(O)c(c3)-c3c(cc(O)cc3O[C@H]3OC(CO)[C@@H](O)C(O)[C@H]3O)CNC2=O)OC(CO)[C@@H](O)[C@@H]1O.O=C=O. The van der Waals surface area contributed by atoms with E-state index in [2.05, 4.69) is 38.8 Å². The van der Waals surface area contributed by atoms with E-state index in [9.17, 15) is 85.9 Å². The first kappa shape index (κ1) is 106. The number of nitrogens with two attached hydrogens (primary N) is 1. The van der Waals surface area contributed by atoms with Crippen LogP contribution in [0.3, 0.4) is 0 Å². The second-order valence-corrected chi connectivity index (χ2v) is 36.5. The molecule has 6 amide bonds. The van der Waals surface area contributed by atoms with Gasteiger partial charge in [0.15, 0.2) is 40.9 Å². The van der Waals surface area contributed by atoms with E-state index in [4.69, 9.17) is 81.2 Å². The molecule has 42 heteroatoms. The van der Waals surface area contributed by atoms with E-state index in [1.807, 2.05) is 0 Å². The Kier molecular flexibility index (Phi) is 36.3. The number of ketones is 2. The van der Waals surface area contributed by atoms with Gasteiger partial charge in [0.2, 0.25) is 53.8 Å². The molecule has 0 aromatic heterocycles. The second-order valence-electron chi connectivity index (χ2n) is 35.7. The Morgan fingerprint density at radius 3 is 1.64 bits per heavy atom. The van der Waals surface area contributed by atoms with Crippen LogP contribution in [0.25, 0.3) is 11.1 Å². The molecule has 0 saturated carbocycles. The van der Waals surface area contributed by atoms with Gasteiger partial charge < -0.3 is 152 Å². The smallest absolute Gasteiger partial charge is 0.373 e. The van der Waals surface area contributed by atoms with E-state index < -0.39 is 289 Å². The van der Waals surface area contributed by atoms with E-state index >= 15 is 24.0 Å². The predicted molar refractivity (Wildman–Crippen MR) is 491 cm³/mol. The lowest BCUT2D eigenvalue weighted by molar-refractivity contribution is -0.284. The van der Waals surface area contributed by atoms with Crippen molar-refractivity contribution in [3.05, 3.63) is 164 Å². The minimum Gasteiger partial charge on any atom is -0.508 e. The molecule has 6 unspecified atom stereocenters. The average molecular weight is 1990 g/mol. The number of fused-ring (bicyclic) bond motifs is 14. The molecule has 9 aliphatic heterocycles. The highest BCUT2D eigenvalue weighted by Crippen LogP contribution is 2.51. The van der Waals surface area contributed by atoms with Gasteiger partial charge in [-0.05, 0) is 131 Å². The number of carbonyl (C=O) groups excluding carboxylic acids is 10. The topological polar surface area (TPSA) is 635 Å². The standard InChI is InChI=1S/C97H115Cl2N7O31.CO2/c1-3-4-5-6-7-8-9-10-11-12-13-14-15-16-17-18-75(117)104-80-86(122)83(119)73(43-108)134-96(80)137-90-70-35-51-36-71(90)131-67-26-22-49(33-60(67)99)89(136-95-79(102-45(2)110)85(121)82(118)72(42-107)133-95)81-94(128)101-41-52-30-54(112)38-69(132-97-88(124)87(123)84(120)74(44-109)135-97)76(52)58-32-47(20-23-62(58)113)56(91(125)106-81)40-65(116)78(51)105-92(126)57-39-64(115)61(28-46-19-25-66(130-70)59(98)27-46)103-93(127)77(100)48-21-24-63(114)68(34-48)129-55-31-50(57)29-53(111)37-55;2-1-3/h19-27,29-38,56-57,61,72-74,77-89,95-97,107-109,111-114,118-124H,3-18,28,39-44,100H2,1-2H3,(H,101,128)(H,102,110)(H,103,127)(H,104,117)(H,105,126)(H,106,125);/t56-,57+,61-,72?,73?,74?,77-,78-,79?,80?,81+,82-,83-,84-,85-,86-,87?,88-,89-,95+,96+,97+;/m1./s1. The van der Waals surface area contributed by atoms with Gasteiger partial charge >= 0.3 is 6.15 Å². The number of benzene rings is 7. The van der Waals surface area contributed by atoms with Crippen LogP contribution in [-0.2, 0) is 79.9 Å². The van der Waals surface area contributed by atoms with Crippen molar-refractivity contribution in [2.24, 2.45) is 5.73 Å². The number of phenols is 4. The van der Waals surface area contributed by atoms with E-state index in [0.717, 1.165) is 94.0 Å². The van der Waals surface area contributed by atoms with Gasteiger partial charge in [0.05, 0.1) is 47.7 Å². The van der Waals surface area contributed by atoms with Crippen LogP contribution in [0.4, 0.5) is 0 Å². The van der Waals surface area contributed by atoms with Crippen LogP contribution in [-0.4, -0.2) is 249 Å². The Bertz CT molecular complexity index is 5650. The molecule has 0 aliphatic carbocycles. The van der Waals surface area contributed by atoms with Crippen molar-refractivity contribution < 1.29 is 162 Å². The molecule has 17 bridgehead atoms. The molecule has 16 rings (SSSR count). The van der Waals surface area contributed by atoms with Crippen LogP contribution >= 0.6 is 23.2 Å². The largest absolute Gasteiger partial charge is 0.508 e. The van der Waals surface area contributed by atoms with Crippen LogP contribution in [0.2, 0.25) is 10.0 Å². The Morgan fingerprint density at radius 2 is 1.02 bits per heavy atom. The Labute approximate surface area is 812 Å². The zero-order valence-corrected chi connectivity index (χ0v) is 77.8. The third-order valence-electron chi connectivity index (χ3n) is 25.7. The Morgan fingerprint density at radius 1 is 0.486 bits per heavy atom. The lowest BCUT2D eigenvalue weighted by Crippen LogP contribution is -2.65. The zero-order chi connectivity index (χ0) is 101. The third-order valence-corrected chi connectivity index (χ3v) is 26.3. The van der Waals surface area contributed by atoms with Crippen LogP contribution in [0.15, 0.2) is 115 Å². The molecule has 9 aliphatic rings. The number of aliphatic hydroxyl groups excluding tert-OH is 10. The van der Waals surface area contributed by atoms with Gasteiger partial charge in [0, 0.05) is 56.0 Å². The van der Waals surface area contributed by atoms with Crippen molar-refractivity contribution in [1.82, 2.24) is 31.9 Å². The van der Waals surface area contributed by atoms with Crippen LogP contribution in [0, 0.1) is 0 Å². The number of amides is 6. The van der Waals surface area contributed by atoms with Crippen molar-refractivity contribution >= 4 is 76.4 Å². The lowest BCUT2D eigenvalue weighted by atomic mass is 9.85. The van der Waals surface area contributed by atoms with E-state index in [0.29, 0.717) is 12.8 Å². The molecular formula is C98H115Cl2N7O33. The molecule has 7 aromatic rings. The van der Waals surface area contributed by atoms with Crippen molar-refractivity contribution in [2.45, 2.75) is 276 Å². The summed E-state index contributed by atoms with van der Waals surface area (Å²) in [5.74, 6) is -18.3. The molecule has 140 heavy (non-hydrogen) atoms. The fraction of sp³-hybridized carbons (Fsp3) is 0.480. The molecule has 3 saturated heterocycles. The summed E-state index contributed by atoms with van der Waals surface area (Å²) in [7, 11) is 0. The van der Waals surface area contributed by atoms with Gasteiger partial charge in [-0.1, -0.05) is 144 Å². The maximum atomic E-state index is 17.2. The number of Topliss-reactive ketones (excluding diaryl/α,β-unsaturated/α-hetero) is 2. The number of phenolic OH excluding ortho intramolecular Hbond substituents is 4. The summed E-state index contributed by atoms with van der Waals surface area (Å²) < 4.78 is 58.2.